The molecule has 1 unspecified atom stereocenters. The molecule has 0 amide bonds. The van der Waals surface area contributed by atoms with Crippen molar-refractivity contribution in [2.45, 2.75) is 31.3 Å². The van der Waals surface area contributed by atoms with Gasteiger partial charge in [0.05, 0.1) is 6.10 Å². The lowest BCUT2D eigenvalue weighted by Gasteiger charge is -2.16. The van der Waals surface area contributed by atoms with Gasteiger partial charge in [0.1, 0.15) is 0 Å². The largest absolute Gasteiger partial charge is 0.392 e. The summed E-state index contributed by atoms with van der Waals surface area (Å²) in [4.78, 5) is 1.36. The maximum Gasteiger partial charge on any atom is 0.0616 e. The van der Waals surface area contributed by atoms with Crippen LogP contribution in [-0.4, -0.2) is 11.2 Å². The molecule has 15 heavy (non-hydrogen) atoms. The Balaban J connectivity index is 2.13. The fourth-order valence-electron chi connectivity index (χ4n) is 2.23. The average molecular weight is 218 g/mol. The minimum absolute atomic E-state index is 0.0870. The van der Waals surface area contributed by atoms with Gasteiger partial charge in [-0.15, -0.1) is 11.3 Å². The molecule has 1 atom stereocenters. The van der Waals surface area contributed by atoms with Gasteiger partial charge >= 0.3 is 0 Å². The van der Waals surface area contributed by atoms with Gasteiger partial charge in [-0.05, 0) is 37.3 Å². The van der Waals surface area contributed by atoms with E-state index in [1.54, 1.807) is 0 Å². The summed E-state index contributed by atoms with van der Waals surface area (Å²) >= 11 is 1.84. The highest BCUT2D eigenvalue weighted by molar-refractivity contribution is 7.19. The molecular weight excluding hydrogens is 204 g/mol. The van der Waals surface area contributed by atoms with E-state index in [1.165, 1.54) is 15.0 Å². The molecule has 1 aliphatic carbocycles. The molecule has 1 saturated carbocycles. The first-order valence-corrected chi connectivity index (χ1v) is 6.21. The van der Waals surface area contributed by atoms with Crippen molar-refractivity contribution in [1.82, 2.24) is 0 Å². The maximum absolute atomic E-state index is 9.83. The van der Waals surface area contributed by atoms with Crippen molar-refractivity contribution in [3.8, 4) is 0 Å². The quantitative estimate of drug-likeness (QED) is 0.820. The van der Waals surface area contributed by atoms with Crippen molar-refractivity contribution >= 4 is 21.4 Å². The Bertz CT molecular complexity index is 461. The molecule has 2 aromatic rings. The number of rotatable bonds is 2. The summed E-state index contributed by atoms with van der Waals surface area (Å²) in [7, 11) is 0. The van der Waals surface area contributed by atoms with E-state index in [1.807, 2.05) is 18.3 Å². The number of aliphatic hydroxyl groups excluding tert-OH is 1. The molecule has 1 heterocycles. The van der Waals surface area contributed by atoms with Crippen LogP contribution in [0.4, 0.5) is 0 Å². The van der Waals surface area contributed by atoms with Gasteiger partial charge in [0, 0.05) is 15.0 Å². The number of thiophene rings is 1. The Morgan fingerprint density at radius 3 is 2.67 bits per heavy atom. The van der Waals surface area contributed by atoms with E-state index < -0.39 is 0 Å². The van der Waals surface area contributed by atoms with Crippen LogP contribution < -0.4 is 0 Å². The van der Waals surface area contributed by atoms with E-state index in [2.05, 4.69) is 30.3 Å². The first kappa shape index (κ1) is 9.37. The monoisotopic (exact) mass is 218 g/mol. The van der Waals surface area contributed by atoms with Gasteiger partial charge < -0.3 is 5.11 Å². The second kappa shape index (κ2) is 3.06. The smallest absolute Gasteiger partial charge is 0.0616 e. The molecule has 1 aromatic carbocycles. The van der Waals surface area contributed by atoms with Crippen LogP contribution >= 0.6 is 11.3 Å². The fraction of sp³-hybridized carbons (Fsp3) is 0.385. The topological polar surface area (TPSA) is 20.2 Å². The zero-order valence-corrected chi connectivity index (χ0v) is 9.55. The molecule has 1 fully saturated rings. The SMILES string of the molecule is CC(O)C1(c2cc3ccccc3s2)CC1. The van der Waals surface area contributed by atoms with Crippen LogP contribution in [-0.2, 0) is 5.41 Å². The second-order valence-electron chi connectivity index (χ2n) is 4.48. The Morgan fingerprint density at radius 1 is 1.33 bits per heavy atom. The van der Waals surface area contributed by atoms with Crippen molar-refractivity contribution in [3.05, 3.63) is 35.2 Å². The lowest BCUT2D eigenvalue weighted by molar-refractivity contribution is 0.152. The van der Waals surface area contributed by atoms with Gasteiger partial charge in [-0.25, -0.2) is 0 Å². The van der Waals surface area contributed by atoms with Crippen LogP contribution in [0, 0.1) is 0 Å². The van der Waals surface area contributed by atoms with Crippen LogP contribution in [0.25, 0.3) is 10.1 Å². The molecule has 0 saturated heterocycles. The van der Waals surface area contributed by atoms with E-state index >= 15 is 0 Å². The lowest BCUT2D eigenvalue weighted by atomic mass is 9.98. The highest BCUT2D eigenvalue weighted by Crippen LogP contribution is 2.53. The molecular formula is C13H14OS. The van der Waals surface area contributed by atoms with Gasteiger partial charge in [-0.3, -0.25) is 0 Å². The number of hydrogen-bond donors (Lipinski definition) is 1. The molecule has 3 rings (SSSR count). The molecule has 0 radical (unpaired) electrons. The van der Waals surface area contributed by atoms with Crippen LogP contribution in [0.3, 0.4) is 0 Å². The van der Waals surface area contributed by atoms with Crippen LogP contribution in [0.2, 0.25) is 0 Å². The molecule has 1 aromatic heterocycles. The first-order chi connectivity index (χ1) is 7.22. The Kier molecular flexibility index (Phi) is 1.91. The third-order valence-electron chi connectivity index (χ3n) is 3.50. The summed E-state index contributed by atoms with van der Waals surface area (Å²) in [6.45, 7) is 1.91. The lowest BCUT2D eigenvalue weighted by Crippen LogP contribution is -2.20. The Hall–Kier alpha value is -0.860. The van der Waals surface area contributed by atoms with Crippen molar-refractivity contribution in [1.29, 1.82) is 0 Å². The van der Waals surface area contributed by atoms with Gasteiger partial charge in [0.2, 0.25) is 0 Å². The third-order valence-corrected chi connectivity index (χ3v) is 4.84. The molecule has 2 heteroatoms. The fourth-order valence-corrected chi connectivity index (χ4v) is 3.62. The molecule has 0 spiro atoms. The van der Waals surface area contributed by atoms with Gasteiger partial charge in [0.25, 0.3) is 0 Å². The van der Waals surface area contributed by atoms with Crippen LogP contribution in [0.5, 0.6) is 0 Å². The predicted molar refractivity (Wildman–Crippen MR) is 64.4 cm³/mol. The summed E-state index contributed by atoms with van der Waals surface area (Å²) in [6.07, 6.45) is 2.06. The molecule has 1 aliphatic rings. The zero-order valence-electron chi connectivity index (χ0n) is 8.73. The molecule has 78 valence electrons. The van der Waals surface area contributed by atoms with Crippen molar-refractivity contribution < 1.29 is 5.11 Å². The van der Waals surface area contributed by atoms with Crippen molar-refractivity contribution in [2.24, 2.45) is 0 Å². The van der Waals surface area contributed by atoms with E-state index in [-0.39, 0.29) is 11.5 Å². The Labute approximate surface area is 93.4 Å². The predicted octanol–water partition coefficient (Wildman–Crippen LogP) is 3.31. The van der Waals surface area contributed by atoms with Gasteiger partial charge in [0.15, 0.2) is 0 Å². The van der Waals surface area contributed by atoms with E-state index in [0.29, 0.717) is 0 Å². The minimum Gasteiger partial charge on any atom is -0.392 e. The summed E-state index contributed by atoms with van der Waals surface area (Å²) in [5.74, 6) is 0. The average Bonchev–Trinajstić information content (AvgIpc) is 2.93. The number of fused-ring (bicyclic) bond motifs is 1. The third kappa shape index (κ3) is 1.32. The Morgan fingerprint density at radius 2 is 2.07 bits per heavy atom. The maximum atomic E-state index is 9.83. The minimum atomic E-state index is -0.217. The normalized spacial score (nSPS) is 20.4. The van der Waals surface area contributed by atoms with Crippen LogP contribution in [0.15, 0.2) is 30.3 Å². The van der Waals surface area contributed by atoms with Crippen LogP contribution in [0.1, 0.15) is 24.6 Å². The van der Waals surface area contributed by atoms with Crippen molar-refractivity contribution in [2.75, 3.05) is 0 Å². The van der Waals surface area contributed by atoms with E-state index in [4.69, 9.17) is 0 Å². The summed E-state index contributed by atoms with van der Waals surface area (Å²) in [5.41, 5.74) is 0.0870. The van der Waals surface area contributed by atoms with Gasteiger partial charge in [-0.2, -0.15) is 0 Å². The van der Waals surface area contributed by atoms with E-state index in [0.717, 1.165) is 12.8 Å². The second-order valence-corrected chi connectivity index (χ2v) is 5.56. The number of aliphatic hydroxyl groups is 1. The number of benzene rings is 1. The molecule has 1 nitrogen and oxygen atoms in total. The highest BCUT2D eigenvalue weighted by atomic mass is 32.1. The highest BCUT2D eigenvalue weighted by Gasteiger charge is 2.49. The molecule has 0 bridgehead atoms. The first-order valence-electron chi connectivity index (χ1n) is 5.39. The summed E-state index contributed by atoms with van der Waals surface area (Å²) in [5, 5.41) is 11.1. The van der Waals surface area contributed by atoms with E-state index in [9.17, 15) is 5.11 Å². The summed E-state index contributed by atoms with van der Waals surface area (Å²) < 4.78 is 1.33. The summed E-state index contributed by atoms with van der Waals surface area (Å²) in [6, 6.07) is 10.7. The molecule has 1 N–H and O–H groups in total. The molecule has 0 aliphatic heterocycles. The van der Waals surface area contributed by atoms with Gasteiger partial charge in [-0.1, -0.05) is 18.2 Å². The number of hydrogen-bond acceptors (Lipinski definition) is 2. The van der Waals surface area contributed by atoms with Crippen molar-refractivity contribution in [3.63, 3.8) is 0 Å². The zero-order chi connectivity index (χ0) is 10.5. The standard InChI is InChI=1S/C13H14OS/c1-9(14)13(6-7-13)12-8-10-4-2-3-5-11(10)15-12/h2-5,8-9,14H,6-7H2,1H3.